The molecule has 0 saturated carbocycles. The Balaban J connectivity index is 1.89. The van der Waals surface area contributed by atoms with Gasteiger partial charge in [-0.15, -0.1) is 0 Å². The van der Waals surface area contributed by atoms with Gasteiger partial charge >= 0.3 is 0 Å². The Morgan fingerprint density at radius 2 is 1.92 bits per heavy atom. The SMILES string of the molecule is CN(C(=O)[C@@H]1CCCCN1S(=O)(=O)c1ccccc1)c1ccc(Cl)nc1. The van der Waals surface area contributed by atoms with E-state index in [0.717, 1.165) is 12.8 Å². The first-order valence-electron chi connectivity index (χ1n) is 8.37. The van der Waals surface area contributed by atoms with Gasteiger partial charge in [-0.3, -0.25) is 4.79 Å². The second-order valence-corrected chi connectivity index (χ2v) is 8.45. The van der Waals surface area contributed by atoms with E-state index in [0.29, 0.717) is 23.8 Å². The molecule has 2 heterocycles. The summed E-state index contributed by atoms with van der Waals surface area (Å²) in [5, 5.41) is 0.334. The molecule has 1 aromatic heterocycles. The number of aromatic nitrogens is 1. The predicted octanol–water partition coefficient (Wildman–Crippen LogP) is 2.94. The van der Waals surface area contributed by atoms with Gasteiger partial charge < -0.3 is 4.90 Å². The van der Waals surface area contributed by atoms with Crippen molar-refractivity contribution in [2.75, 3.05) is 18.5 Å². The smallest absolute Gasteiger partial charge is 0.245 e. The van der Waals surface area contributed by atoms with Gasteiger partial charge in [0, 0.05) is 13.6 Å². The molecule has 1 saturated heterocycles. The summed E-state index contributed by atoms with van der Waals surface area (Å²) in [5.41, 5.74) is 0.571. The van der Waals surface area contributed by atoms with Gasteiger partial charge in [0.25, 0.3) is 0 Å². The highest BCUT2D eigenvalue weighted by Gasteiger charge is 2.39. The number of pyridine rings is 1. The summed E-state index contributed by atoms with van der Waals surface area (Å²) in [6.45, 7) is 0.334. The number of halogens is 1. The van der Waals surface area contributed by atoms with Crippen LogP contribution in [-0.2, 0) is 14.8 Å². The van der Waals surface area contributed by atoms with Crippen molar-refractivity contribution in [2.45, 2.75) is 30.2 Å². The first kappa shape index (κ1) is 18.8. The van der Waals surface area contributed by atoms with Crippen molar-refractivity contribution in [2.24, 2.45) is 0 Å². The standard InChI is InChI=1S/C18H20ClN3O3S/c1-21(14-10-11-17(19)20-13-14)18(23)16-9-5-6-12-22(16)26(24,25)15-7-3-2-4-8-15/h2-4,7-8,10-11,13,16H,5-6,9,12H2,1H3/t16-/m0/s1. The molecule has 0 spiro atoms. The highest BCUT2D eigenvalue weighted by molar-refractivity contribution is 7.89. The molecule has 26 heavy (non-hydrogen) atoms. The molecular formula is C18H20ClN3O3S. The van der Waals surface area contributed by atoms with Crippen molar-refractivity contribution in [3.05, 3.63) is 53.8 Å². The van der Waals surface area contributed by atoms with Crippen molar-refractivity contribution in [1.82, 2.24) is 9.29 Å². The molecule has 3 rings (SSSR count). The fourth-order valence-electron chi connectivity index (χ4n) is 3.08. The average molecular weight is 394 g/mol. The van der Waals surface area contributed by atoms with Gasteiger partial charge in [0.05, 0.1) is 16.8 Å². The van der Waals surface area contributed by atoms with Crippen LogP contribution in [0.15, 0.2) is 53.6 Å². The summed E-state index contributed by atoms with van der Waals surface area (Å²) in [6, 6.07) is 10.8. The maximum atomic E-state index is 13.0. The van der Waals surface area contributed by atoms with Crippen LogP contribution < -0.4 is 4.90 Å². The molecular weight excluding hydrogens is 374 g/mol. The number of hydrogen-bond acceptors (Lipinski definition) is 4. The Labute approximate surface area is 158 Å². The van der Waals surface area contributed by atoms with Crippen LogP contribution in [0.4, 0.5) is 5.69 Å². The average Bonchev–Trinajstić information content (AvgIpc) is 2.68. The number of hydrogen-bond donors (Lipinski definition) is 0. The molecule has 0 unspecified atom stereocenters. The van der Waals surface area contributed by atoms with E-state index >= 15 is 0 Å². The number of nitrogens with zero attached hydrogens (tertiary/aromatic N) is 3. The fourth-order valence-corrected chi connectivity index (χ4v) is 4.87. The van der Waals surface area contributed by atoms with E-state index in [9.17, 15) is 13.2 Å². The Hall–Kier alpha value is -1.96. The third-order valence-corrected chi connectivity index (χ3v) is 6.66. The van der Waals surface area contributed by atoms with E-state index in [4.69, 9.17) is 11.6 Å². The van der Waals surface area contributed by atoms with Crippen LogP contribution in [0.25, 0.3) is 0 Å². The molecule has 6 nitrogen and oxygen atoms in total. The van der Waals surface area contributed by atoms with Crippen LogP contribution in [0.1, 0.15) is 19.3 Å². The van der Waals surface area contributed by atoms with E-state index in [1.807, 2.05) is 0 Å². The molecule has 0 N–H and O–H groups in total. The predicted molar refractivity (Wildman–Crippen MR) is 101 cm³/mol. The second kappa shape index (κ2) is 7.73. The molecule has 1 amide bonds. The fraction of sp³-hybridized carbons (Fsp3) is 0.333. The monoisotopic (exact) mass is 393 g/mol. The minimum Gasteiger partial charge on any atom is -0.313 e. The molecule has 138 valence electrons. The summed E-state index contributed by atoms with van der Waals surface area (Å²) < 4.78 is 27.4. The zero-order chi connectivity index (χ0) is 18.7. The normalized spacial score (nSPS) is 18.5. The highest BCUT2D eigenvalue weighted by atomic mass is 35.5. The van der Waals surface area contributed by atoms with Gasteiger partial charge in [-0.1, -0.05) is 36.2 Å². The summed E-state index contributed by atoms with van der Waals surface area (Å²) >= 11 is 5.79. The van der Waals surface area contributed by atoms with Crippen molar-refractivity contribution in [3.8, 4) is 0 Å². The van der Waals surface area contributed by atoms with Gasteiger partial charge in [-0.25, -0.2) is 13.4 Å². The maximum absolute atomic E-state index is 13.0. The Morgan fingerprint density at radius 3 is 2.58 bits per heavy atom. The Kier molecular flexibility index (Phi) is 5.60. The lowest BCUT2D eigenvalue weighted by atomic mass is 10.0. The van der Waals surface area contributed by atoms with E-state index in [1.54, 1.807) is 49.5 Å². The minimum atomic E-state index is -3.73. The molecule has 1 fully saturated rings. The lowest BCUT2D eigenvalue weighted by molar-refractivity contribution is -0.122. The van der Waals surface area contributed by atoms with E-state index in [1.165, 1.54) is 15.4 Å². The third-order valence-electron chi connectivity index (χ3n) is 4.52. The number of benzene rings is 1. The number of likely N-dealkylation sites (N-methyl/N-ethyl adjacent to an activating group) is 1. The number of anilines is 1. The number of carbonyl (C=O) groups excluding carboxylic acids is 1. The lowest BCUT2D eigenvalue weighted by Gasteiger charge is -2.35. The Morgan fingerprint density at radius 1 is 1.19 bits per heavy atom. The van der Waals surface area contributed by atoms with Crippen LogP contribution in [0, 0.1) is 0 Å². The van der Waals surface area contributed by atoms with Crippen LogP contribution in [-0.4, -0.2) is 43.2 Å². The molecule has 0 aliphatic carbocycles. The number of amides is 1. The van der Waals surface area contributed by atoms with Crippen LogP contribution in [0.3, 0.4) is 0 Å². The number of sulfonamides is 1. The summed E-state index contributed by atoms with van der Waals surface area (Å²) in [6.07, 6.45) is 3.54. The van der Waals surface area contributed by atoms with Crippen molar-refractivity contribution < 1.29 is 13.2 Å². The van der Waals surface area contributed by atoms with Gasteiger partial charge in [0.15, 0.2) is 0 Å². The van der Waals surface area contributed by atoms with Gasteiger partial charge in [0.1, 0.15) is 11.2 Å². The molecule has 1 aliphatic heterocycles. The van der Waals surface area contributed by atoms with Gasteiger partial charge in [-0.2, -0.15) is 4.31 Å². The van der Waals surface area contributed by atoms with E-state index in [-0.39, 0.29) is 10.8 Å². The molecule has 1 atom stereocenters. The van der Waals surface area contributed by atoms with Crippen LogP contribution in [0.2, 0.25) is 5.15 Å². The number of rotatable bonds is 4. The zero-order valence-corrected chi connectivity index (χ0v) is 15.9. The van der Waals surface area contributed by atoms with Gasteiger partial charge in [0.2, 0.25) is 15.9 Å². The molecule has 1 aromatic carbocycles. The molecule has 0 radical (unpaired) electrons. The molecule has 2 aromatic rings. The molecule has 1 aliphatic rings. The summed E-state index contributed by atoms with van der Waals surface area (Å²) in [7, 11) is -2.11. The van der Waals surface area contributed by atoms with E-state index < -0.39 is 16.1 Å². The topological polar surface area (TPSA) is 70.6 Å². The summed E-state index contributed by atoms with van der Waals surface area (Å²) in [4.78, 5) is 18.7. The van der Waals surface area contributed by atoms with Gasteiger partial charge in [-0.05, 0) is 37.1 Å². The van der Waals surface area contributed by atoms with Crippen molar-refractivity contribution in [3.63, 3.8) is 0 Å². The van der Waals surface area contributed by atoms with Crippen molar-refractivity contribution >= 4 is 33.2 Å². The number of piperidine rings is 1. The molecule has 8 heteroatoms. The maximum Gasteiger partial charge on any atom is 0.245 e. The third kappa shape index (κ3) is 3.75. The van der Waals surface area contributed by atoms with E-state index in [2.05, 4.69) is 4.98 Å². The first-order valence-corrected chi connectivity index (χ1v) is 10.2. The second-order valence-electron chi connectivity index (χ2n) is 6.18. The van der Waals surface area contributed by atoms with Crippen LogP contribution in [0.5, 0.6) is 0 Å². The quantitative estimate of drug-likeness (QED) is 0.749. The van der Waals surface area contributed by atoms with Crippen molar-refractivity contribution in [1.29, 1.82) is 0 Å². The highest BCUT2D eigenvalue weighted by Crippen LogP contribution is 2.27. The zero-order valence-electron chi connectivity index (χ0n) is 14.4. The minimum absolute atomic E-state index is 0.204. The first-order chi connectivity index (χ1) is 12.4. The summed E-state index contributed by atoms with van der Waals surface area (Å²) in [5.74, 6) is -0.270. The van der Waals surface area contributed by atoms with Crippen LogP contribution >= 0.6 is 11.6 Å². The Bertz CT molecular complexity index is 872. The largest absolute Gasteiger partial charge is 0.313 e. The number of carbonyl (C=O) groups is 1. The molecule has 0 bridgehead atoms. The lowest BCUT2D eigenvalue weighted by Crippen LogP contribution is -2.52.